The predicted molar refractivity (Wildman–Crippen MR) is 94.1 cm³/mol. The van der Waals surface area contributed by atoms with Crippen LogP contribution in [0.3, 0.4) is 0 Å². The van der Waals surface area contributed by atoms with Crippen molar-refractivity contribution >= 4 is 21.6 Å². The molecule has 0 saturated carbocycles. The van der Waals surface area contributed by atoms with E-state index in [0.717, 1.165) is 27.1 Å². The molecule has 4 nitrogen and oxygen atoms in total. The normalized spacial score (nSPS) is 10.5. The maximum Gasteiger partial charge on any atom is 0.231 e. The van der Waals surface area contributed by atoms with Gasteiger partial charge in [-0.2, -0.15) is 5.26 Å². The molecule has 0 spiro atoms. The quantitative estimate of drug-likeness (QED) is 0.529. The predicted octanol–water partition coefficient (Wildman–Crippen LogP) is 5.02. The van der Waals surface area contributed by atoms with Gasteiger partial charge in [0, 0.05) is 0 Å². The van der Waals surface area contributed by atoms with Gasteiger partial charge >= 0.3 is 0 Å². The van der Waals surface area contributed by atoms with E-state index >= 15 is 0 Å². The Bertz CT molecular complexity index is 1030. The van der Waals surface area contributed by atoms with Crippen molar-refractivity contribution < 1.29 is 4.74 Å². The summed E-state index contributed by atoms with van der Waals surface area (Å²) < 4.78 is 5.89. The van der Waals surface area contributed by atoms with Crippen LogP contribution < -0.4 is 4.74 Å². The van der Waals surface area contributed by atoms with E-state index in [9.17, 15) is 0 Å². The van der Waals surface area contributed by atoms with Gasteiger partial charge in [0.1, 0.15) is 16.9 Å². The Hall–Kier alpha value is -3.23. The van der Waals surface area contributed by atoms with Gasteiger partial charge in [0.2, 0.25) is 5.88 Å². The number of hydrogen-bond acceptors (Lipinski definition) is 5. The van der Waals surface area contributed by atoms with E-state index in [4.69, 9.17) is 10.00 Å². The fraction of sp³-hybridized carbons (Fsp3) is 0. The van der Waals surface area contributed by atoms with Crippen molar-refractivity contribution in [3.63, 3.8) is 0 Å². The van der Waals surface area contributed by atoms with Crippen molar-refractivity contribution in [3.05, 3.63) is 71.9 Å². The maximum absolute atomic E-state index is 8.86. The number of fused-ring (bicyclic) bond motifs is 1. The van der Waals surface area contributed by atoms with E-state index in [0.29, 0.717) is 11.4 Å². The third-order valence-corrected chi connectivity index (χ3v) is 4.46. The first-order valence-corrected chi connectivity index (χ1v) is 8.18. The molecule has 4 aromatic rings. The van der Waals surface area contributed by atoms with Crippen LogP contribution in [0.2, 0.25) is 0 Å². The zero-order valence-corrected chi connectivity index (χ0v) is 13.3. The van der Waals surface area contributed by atoms with Crippen molar-refractivity contribution in [2.24, 2.45) is 0 Å². The van der Waals surface area contributed by atoms with Crippen LogP contribution in [-0.4, -0.2) is 9.97 Å². The second-order valence-corrected chi connectivity index (χ2v) is 6.03. The molecule has 0 aliphatic rings. The van der Waals surface area contributed by atoms with Gasteiger partial charge in [-0.1, -0.05) is 24.3 Å². The van der Waals surface area contributed by atoms with Crippen molar-refractivity contribution in [2.45, 2.75) is 0 Å². The number of benzene rings is 2. The first-order chi connectivity index (χ1) is 11.8. The summed E-state index contributed by atoms with van der Waals surface area (Å²) in [5.41, 5.74) is 2.78. The number of nitriles is 1. The Balaban J connectivity index is 1.59. The van der Waals surface area contributed by atoms with E-state index < -0.39 is 0 Å². The van der Waals surface area contributed by atoms with Gasteiger partial charge in [0.25, 0.3) is 0 Å². The molecule has 0 fully saturated rings. The molecule has 4 rings (SSSR count). The van der Waals surface area contributed by atoms with Gasteiger partial charge in [0.15, 0.2) is 0 Å². The lowest BCUT2D eigenvalue weighted by Crippen LogP contribution is -1.89. The summed E-state index contributed by atoms with van der Waals surface area (Å²) >= 11 is 1.56. The second kappa shape index (κ2) is 6.11. The molecule has 2 aromatic carbocycles. The number of hydrogen-bond donors (Lipinski definition) is 0. The van der Waals surface area contributed by atoms with Crippen LogP contribution in [0.15, 0.2) is 66.3 Å². The van der Waals surface area contributed by atoms with Crippen molar-refractivity contribution in [2.75, 3.05) is 0 Å². The maximum atomic E-state index is 8.86. The monoisotopic (exact) mass is 329 g/mol. The Morgan fingerprint density at radius 3 is 2.29 bits per heavy atom. The third kappa shape index (κ3) is 2.71. The number of aromatic nitrogens is 2. The van der Waals surface area contributed by atoms with Crippen LogP contribution in [-0.2, 0) is 0 Å². The Labute approximate surface area is 142 Å². The van der Waals surface area contributed by atoms with Crippen LogP contribution in [0, 0.1) is 11.3 Å². The molecular formula is C19H11N3OS. The van der Waals surface area contributed by atoms with Crippen molar-refractivity contribution in [1.82, 2.24) is 9.97 Å². The van der Waals surface area contributed by atoms with Gasteiger partial charge in [0.05, 0.1) is 17.0 Å². The van der Waals surface area contributed by atoms with E-state index in [2.05, 4.69) is 16.0 Å². The highest BCUT2D eigenvalue weighted by Crippen LogP contribution is 2.30. The third-order valence-electron chi connectivity index (χ3n) is 3.64. The molecule has 0 unspecified atom stereocenters. The smallest absolute Gasteiger partial charge is 0.231 e. The van der Waals surface area contributed by atoms with E-state index in [1.54, 1.807) is 11.3 Å². The standard InChI is InChI=1S/C19H11N3OS/c20-11-13-1-3-14(4-2-13)15-5-7-16(8-6-15)23-18-17-9-10-24-19(17)22-12-21-18/h1-10,12H. The minimum absolute atomic E-state index is 0.562. The van der Waals surface area contributed by atoms with Gasteiger partial charge in [-0.15, -0.1) is 11.3 Å². The fourth-order valence-electron chi connectivity index (χ4n) is 2.41. The average molecular weight is 329 g/mol. The fourth-order valence-corrected chi connectivity index (χ4v) is 3.14. The lowest BCUT2D eigenvalue weighted by atomic mass is 10.0. The Morgan fingerprint density at radius 1 is 0.875 bits per heavy atom. The van der Waals surface area contributed by atoms with Crippen molar-refractivity contribution in [1.29, 1.82) is 5.26 Å². The molecule has 0 N–H and O–H groups in total. The van der Waals surface area contributed by atoms with Crippen LogP contribution in [0.25, 0.3) is 21.3 Å². The van der Waals surface area contributed by atoms with E-state index in [-0.39, 0.29) is 0 Å². The number of ether oxygens (including phenoxy) is 1. The SMILES string of the molecule is N#Cc1ccc(-c2ccc(Oc3ncnc4sccc34)cc2)cc1. The molecule has 114 valence electrons. The van der Waals surface area contributed by atoms with Crippen LogP contribution in [0.5, 0.6) is 11.6 Å². The average Bonchev–Trinajstić information content (AvgIpc) is 3.12. The molecule has 0 bridgehead atoms. The Kier molecular flexibility index (Phi) is 3.66. The Morgan fingerprint density at radius 2 is 1.58 bits per heavy atom. The van der Waals surface area contributed by atoms with Gasteiger partial charge in [-0.3, -0.25) is 0 Å². The summed E-state index contributed by atoms with van der Waals surface area (Å²) in [5, 5.41) is 11.7. The zero-order chi connectivity index (χ0) is 16.4. The highest BCUT2D eigenvalue weighted by Gasteiger charge is 2.07. The topological polar surface area (TPSA) is 58.8 Å². The number of rotatable bonds is 3. The molecule has 0 atom stereocenters. The molecule has 0 aliphatic heterocycles. The van der Waals surface area contributed by atoms with Gasteiger partial charge in [-0.05, 0) is 46.8 Å². The van der Waals surface area contributed by atoms with E-state index in [1.165, 1.54) is 6.33 Å². The summed E-state index contributed by atoms with van der Waals surface area (Å²) in [5.74, 6) is 1.28. The lowest BCUT2D eigenvalue weighted by Gasteiger charge is -2.07. The van der Waals surface area contributed by atoms with Crippen LogP contribution in [0.1, 0.15) is 5.56 Å². The van der Waals surface area contributed by atoms with Gasteiger partial charge in [-0.25, -0.2) is 9.97 Å². The first-order valence-electron chi connectivity index (χ1n) is 7.30. The molecule has 2 aromatic heterocycles. The second-order valence-electron chi connectivity index (χ2n) is 5.13. The number of nitrogens with zero attached hydrogens (tertiary/aromatic N) is 3. The molecule has 24 heavy (non-hydrogen) atoms. The summed E-state index contributed by atoms with van der Waals surface area (Å²) in [6.45, 7) is 0. The zero-order valence-electron chi connectivity index (χ0n) is 12.5. The van der Waals surface area contributed by atoms with Crippen molar-refractivity contribution in [3.8, 4) is 28.8 Å². The summed E-state index contributed by atoms with van der Waals surface area (Å²) in [6, 6.07) is 19.4. The van der Waals surface area contributed by atoms with Crippen LogP contribution in [0.4, 0.5) is 0 Å². The molecule has 0 amide bonds. The summed E-state index contributed by atoms with van der Waals surface area (Å²) in [6.07, 6.45) is 1.51. The lowest BCUT2D eigenvalue weighted by molar-refractivity contribution is 0.468. The highest BCUT2D eigenvalue weighted by atomic mass is 32.1. The first kappa shape index (κ1) is 14.4. The van der Waals surface area contributed by atoms with Gasteiger partial charge < -0.3 is 4.74 Å². The van der Waals surface area contributed by atoms with E-state index in [1.807, 2.05) is 60.0 Å². The molecule has 0 aliphatic carbocycles. The molecule has 0 radical (unpaired) electrons. The molecule has 0 saturated heterocycles. The molecule has 2 heterocycles. The molecule has 5 heteroatoms. The summed E-state index contributed by atoms with van der Waals surface area (Å²) in [4.78, 5) is 9.34. The number of thiophene rings is 1. The largest absolute Gasteiger partial charge is 0.438 e. The van der Waals surface area contributed by atoms with Crippen LogP contribution >= 0.6 is 11.3 Å². The minimum Gasteiger partial charge on any atom is -0.438 e. The highest BCUT2D eigenvalue weighted by molar-refractivity contribution is 7.16. The minimum atomic E-state index is 0.562. The summed E-state index contributed by atoms with van der Waals surface area (Å²) in [7, 11) is 0. The molecular weight excluding hydrogens is 318 g/mol.